The third-order valence-corrected chi connectivity index (χ3v) is 4.52. The molecule has 0 unspecified atom stereocenters. The Labute approximate surface area is 118 Å². The molecule has 0 aromatic carbocycles. The van der Waals surface area contributed by atoms with Crippen molar-refractivity contribution in [3.05, 3.63) is 33.1 Å². The molecular weight excluding hydrogens is 254 g/mol. The monoisotopic (exact) mass is 275 g/mol. The summed E-state index contributed by atoms with van der Waals surface area (Å²) < 4.78 is 0. The van der Waals surface area contributed by atoms with Gasteiger partial charge < -0.3 is 5.32 Å². The Morgan fingerprint density at radius 1 is 1.35 bits per heavy atom. The molecule has 0 spiro atoms. The summed E-state index contributed by atoms with van der Waals surface area (Å²) in [6.07, 6.45) is 6.93. The SMILES string of the molecule is Cc1cnc(CNC(C2CC2)C2CC2)c(C)c1[N+](=O)[O-]. The molecule has 1 heterocycles. The maximum Gasteiger partial charge on any atom is 0.278 e. The molecule has 0 amide bonds. The van der Waals surface area contributed by atoms with Crippen molar-refractivity contribution >= 4 is 5.69 Å². The first-order valence-electron chi connectivity index (χ1n) is 7.40. The van der Waals surface area contributed by atoms with Crippen molar-refractivity contribution in [2.45, 2.75) is 52.1 Å². The largest absolute Gasteiger partial charge is 0.308 e. The number of nitrogens with one attached hydrogen (secondary N) is 1. The lowest BCUT2D eigenvalue weighted by atomic mass is 10.1. The molecule has 2 aliphatic rings. The van der Waals surface area contributed by atoms with Crippen molar-refractivity contribution in [1.82, 2.24) is 10.3 Å². The van der Waals surface area contributed by atoms with E-state index in [1.807, 2.05) is 0 Å². The van der Waals surface area contributed by atoms with Gasteiger partial charge in [0.25, 0.3) is 5.69 Å². The zero-order chi connectivity index (χ0) is 14.3. The summed E-state index contributed by atoms with van der Waals surface area (Å²) in [7, 11) is 0. The van der Waals surface area contributed by atoms with Crippen LogP contribution in [0, 0.1) is 35.8 Å². The zero-order valence-electron chi connectivity index (χ0n) is 12.1. The third-order valence-electron chi connectivity index (χ3n) is 4.52. The number of nitro groups is 1. The highest BCUT2D eigenvalue weighted by Gasteiger charge is 2.41. The topological polar surface area (TPSA) is 68.1 Å². The highest BCUT2D eigenvalue weighted by molar-refractivity contribution is 5.47. The van der Waals surface area contributed by atoms with Crippen LogP contribution in [0.25, 0.3) is 0 Å². The molecular formula is C15H21N3O2. The van der Waals surface area contributed by atoms with Gasteiger partial charge in [-0.1, -0.05) is 0 Å². The first-order chi connectivity index (χ1) is 9.58. The van der Waals surface area contributed by atoms with Crippen LogP contribution >= 0.6 is 0 Å². The molecule has 0 atom stereocenters. The van der Waals surface area contributed by atoms with E-state index in [1.54, 1.807) is 20.0 Å². The van der Waals surface area contributed by atoms with Gasteiger partial charge in [0.2, 0.25) is 0 Å². The summed E-state index contributed by atoms with van der Waals surface area (Å²) >= 11 is 0. The summed E-state index contributed by atoms with van der Waals surface area (Å²) in [5.41, 5.74) is 2.37. The van der Waals surface area contributed by atoms with Gasteiger partial charge in [0, 0.05) is 29.9 Å². The van der Waals surface area contributed by atoms with Crippen molar-refractivity contribution in [3.8, 4) is 0 Å². The normalized spacial score (nSPS) is 18.6. The number of hydrogen-bond acceptors (Lipinski definition) is 4. The standard InChI is InChI=1S/C15H21N3O2/c1-9-7-16-13(10(2)15(9)18(19)20)8-17-14(11-3-4-11)12-5-6-12/h7,11-12,14,17H,3-6,8H2,1-2H3. The lowest BCUT2D eigenvalue weighted by Gasteiger charge is -2.18. The fraction of sp³-hybridized carbons (Fsp3) is 0.667. The average Bonchev–Trinajstić information content (AvgIpc) is 3.26. The van der Waals surface area contributed by atoms with Gasteiger partial charge in [-0.3, -0.25) is 15.1 Å². The molecule has 2 fully saturated rings. The maximum absolute atomic E-state index is 11.1. The van der Waals surface area contributed by atoms with Crippen LogP contribution in [-0.2, 0) is 6.54 Å². The second-order valence-electron chi connectivity index (χ2n) is 6.20. The molecule has 0 bridgehead atoms. The number of aryl methyl sites for hydroxylation is 1. The fourth-order valence-corrected chi connectivity index (χ4v) is 3.07. The summed E-state index contributed by atoms with van der Waals surface area (Å²) in [5.74, 6) is 1.64. The van der Waals surface area contributed by atoms with Crippen molar-refractivity contribution in [2.75, 3.05) is 0 Å². The Hall–Kier alpha value is -1.49. The van der Waals surface area contributed by atoms with Crippen molar-refractivity contribution in [2.24, 2.45) is 11.8 Å². The van der Waals surface area contributed by atoms with Crippen LogP contribution in [0.3, 0.4) is 0 Å². The lowest BCUT2D eigenvalue weighted by Crippen LogP contribution is -2.33. The molecule has 1 aromatic rings. The van der Waals surface area contributed by atoms with Crippen LogP contribution in [0.5, 0.6) is 0 Å². The minimum Gasteiger partial charge on any atom is -0.308 e. The van der Waals surface area contributed by atoms with E-state index in [4.69, 9.17) is 0 Å². The summed E-state index contributed by atoms with van der Waals surface area (Å²) in [5, 5.41) is 14.7. The Bertz CT molecular complexity index is 524. The Morgan fingerprint density at radius 3 is 2.45 bits per heavy atom. The molecule has 20 heavy (non-hydrogen) atoms. The molecule has 2 aliphatic carbocycles. The molecule has 3 rings (SSSR count). The number of nitrogens with zero attached hydrogens (tertiary/aromatic N) is 2. The van der Waals surface area contributed by atoms with E-state index in [0.29, 0.717) is 23.7 Å². The van der Waals surface area contributed by atoms with Crippen LogP contribution in [0.2, 0.25) is 0 Å². The van der Waals surface area contributed by atoms with Gasteiger partial charge in [-0.2, -0.15) is 0 Å². The molecule has 2 saturated carbocycles. The Morgan fingerprint density at radius 2 is 1.95 bits per heavy atom. The molecule has 1 N–H and O–H groups in total. The first-order valence-corrected chi connectivity index (χ1v) is 7.40. The van der Waals surface area contributed by atoms with E-state index in [-0.39, 0.29) is 10.6 Å². The number of pyridine rings is 1. The van der Waals surface area contributed by atoms with Gasteiger partial charge in [-0.25, -0.2) is 0 Å². The minimum atomic E-state index is -0.297. The van der Waals surface area contributed by atoms with Crippen LogP contribution in [-0.4, -0.2) is 15.9 Å². The first kappa shape index (κ1) is 13.5. The smallest absolute Gasteiger partial charge is 0.278 e. The Balaban J connectivity index is 1.73. The van der Waals surface area contributed by atoms with E-state index < -0.39 is 0 Å². The molecule has 5 nitrogen and oxygen atoms in total. The quantitative estimate of drug-likeness (QED) is 0.640. The number of rotatable bonds is 6. The van der Waals surface area contributed by atoms with E-state index in [1.165, 1.54) is 25.7 Å². The molecule has 108 valence electrons. The number of aromatic nitrogens is 1. The zero-order valence-corrected chi connectivity index (χ0v) is 12.1. The van der Waals surface area contributed by atoms with E-state index in [9.17, 15) is 10.1 Å². The second kappa shape index (κ2) is 5.13. The number of hydrogen-bond donors (Lipinski definition) is 1. The van der Waals surface area contributed by atoms with Crippen molar-refractivity contribution in [1.29, 1.82) is 0 Å². The van der Waals surface area contributed by atoms with Gasteiger partial charge in [0.15, 0.2) is 0 Å². The molecule has 0 saturated heterocycles. The summed E-state index contributed by atoms with van der Waals surface area (Å²) in [6.45, 7) is 4.19. The molecule has 0 radical (unpaired) electrons. The maximum atomic E-state index is 11.1. The lowest BCUT2D eigenvalue weighted by molar-refractivity contribution is -0.386. The van der Waals surface area contributed by atoms with Gasteiger partial charge in [0.1, 0.15) is 0 Å². The van der Waals surface area contributed by atoms with Gasteiger partial charge >= 0.3 is 0 Å². The molecule has 0 aliphatic heterocycles. The summed E-state index contributed by atoms with van der Waals surface area (Å²) in [6, 6.07) is 0.594. The highest BCUT2D eigenvalue weighted by atomic mass is 16.6. The van der Waals surface area contributed by atoms with Crippen LogP contribution < -0.4 is 5.32 Å². The van der Waals surface area contributed by atoms with E-state index >= 15 is 0 Å². The minimum absolute atomic E-state index is 0.214. The summed E-state index contributed by atoms with van der Waals surface area (Å²) in [4.78, 5) is 15.2. The van der Waals surface area contributed by atoms with Crippen LogP contribution in [0.1, 0.15) is 42.5 Å². The van der Waals surface area contributed by atoms with Crippen LogP contribution in [0.15, 0.2) is 6.20 Å². The van der Waals surface area contributed by atoms with E-state index in [0.717, 1.165) is 17.5 Å². The predicted molar refractivity (Wildman–Crippen MR) is 76.4 cm³/mol. The third kappa shape index (κ3) is 2.68. The fourth-order valence-electron chi connectivity index (χ4n) is 3.07. The van der Waals surface area contributed by atoms with Crippen molar-refractivity contribution in [3.63, 3.8) is 0 Å². The van der Waals surface area contributed by atoms with Gasteiger partial charge in [0.05, 0.1) is 10.6 Å². The predicted octanol–water partition coefficient (Wildman–Crippen LogP) is 2.88. The van der Waals surface area contributed by atoms with Crippen molar-refractivity contribution < 1.29 is 4.92 Å². The van der Waals surface area contributed by atoms with Crippen LogP contribution in [0.4, 0.5) is 5.69 Å². The Kier molecular flexibility index (Phi) is 3.46. The highest BCUT2D eigenvalue weighted by Crippen LogP contribution is 2.44. The van der Waals surface area contributed by atoms with Gasteiger partial charge in [-0.05, 0) is 51.4 Å². The van der Waals surface area contributed by atoms with E-state index in [2.05, 4.69) is 10.3 Å². The average molecular weight is 275 g/mol. The second-order valence-corrected chi connectivity index (χ2v) is 6.20. The molecule has 1 aromatic heterocycles. The molecule has 5 heteroatoms. The van der Waals surface area contributed by atoms with Gasteiger partial charge in [-0.15, -0.1) is 0 Å².